The van der Waals surface area contributed by atoms with E-state index in [0.29, 0.717) is 11.3 Å². The number of rotatable bonds is 3. The minimum Gasteiger partial charge on any atom is -0.395 e. The van der Waals surface area contributed by atoms with Gasteiger partial charge in [0.05, 0.1) is 12.3 Å². The van der Waals surface area contributed by atoms with E-state index in [2.05, 4.69) is 20.9 Å². The lowest BCUT2D eigenvalue weighted by Crippen LogP contribution is -2.11. The zero-order valence-electron chi connectivity index (χ0n) is 9.49. The van der Waals surface area contributed by atoms with Crippen molar-refractivity contribution in [3.05, 3.63) is 38.9 Å². The molecule has 94 valence electrons. The van der Waals surface area contributed by atoms with Gasteiger partial charge in [0.1, 0.15) is 10.8 Å². The quantitative estimate of drug-likeness (QED) is 0.931. The Morgan fingerprint density at radius 1 is 1.44 bits per heavy atom. The number of aliphatic hydroxyl groups is 1. The highest BCUT2D eigenvalue weighted by Crippen LogP contribution is 2.49. The Bertz CT molecular complexity index is 594. The lowest BCUT2D eigenvalue weighted by molar-refractivity contribution is 0.255. The first kappa shape index (κ1) is 12.3. The summed E-state index contributed by atoms with van der Waals surface area (Å²) in [6.45, 7) is 0.126. The van der Waals surface area contributed by atoms with Crippen LogP contribution in [0.1, 0.15) is 17.8 Å². The Hall–Kier alpha value is -0.780. The summed E-state index contributed by atoms with van der Waals surface area (Å²) in [5, 5.41) is 12.1. The van der Waals surface area contributed by atoms with Gasteiger partial charge in [-0.1, -0.05) is 15.9 Å². The third-order valence-corrected chi connectivity index (χ3v) is 4.90. The summed E-state index contributed by atoms with van der Waals surface area (Å²) in [4.78, 5) is 4.49. The van der Waals surface area contributed by atoms with Crippen LogP contribution in [0.3, 0.4) is 0 Å². The van der Waals surface area contributed by atoms with Crippen molar-refractivity contribution in [2.45, 2.75) is 18.3 Å². The molecule has 1 aromatic carbocycles. The van der Waals surface area contributed by atoms with E-state index in [4.69, 9.17) is 0 Å². The van der Waals surface area contributed by atoms with Crippen LogP contribution in [-0.4, -0.2) is 16.7 Å². The number of halogens is 2. The molecule has 1 saturated carbocycles. The van der Waals surface area contributed by atoms with Gasteiger partial charge in [-0.25, -0.2) is 9.37 Å². The molecule has 0 bridgehead atoms. The average molecular weight is 328 g/mol. The van der Waals surface area contributed by atoms with Crippen LogP contribution in [0, 0.1) is 5.82 Å². The molecule has 0 radical (unpaired) electrons. The van der Waals surface area contributed by atoms with Crippen LogP contribution in [0.4, 0.5) is 4.39 Å². The highest BCUT2D eigenvalue weighted by Gasteiger charge is 2.46. The molecular weight excluding hydrogens is 317 g/mol. The Morgan fingerprint density at radius 3 is 2.89 bits per heavy atom. The van der Waals surface area contributed by atoms with Gasteiger partial charge < -0.3 is 5.11 Å². The monoisotopic (exact) mass is 327 g/mol. The number of thiazole rings is 1. The summed E-state index contributed by atoms with van der Waals surface area (Å²) in [5.74, 6) is -0.274. The van der Waals surface area contributed by atoms with E-state index in [1.54, 1.807) is 12.1 Å². The van der Waals surface area contributed by atoms with Crippen LogP contribution in [-0.2, 0) is 5.41 Å². The van der Waals surface area contributed by atoms with Gasteiger partial charge in [-0.15, -0.1) is 11.3 Å². The molecule has 1 aromatic heterocycles. The smallest absolute Gasteiger partial charge is 0.132 e. The average Bonchev–Trinajstić information content (AvgIpc) is 3.02. The molecule has 1 aliphatic carbocycles. The molecule has 0 amide bonds. The first-order valence-electron chi connectivity index (χ1n) is 5.67. The molecule has 2 aromatic rings. The summed E-state index contributed by atoms with van der Waals surface area (Å²) in [5.41, 5.74) is 1.000. The Balaban J connectivity index is 2.00. The molecule has 0 spiro atoms. The Morgan fingerprint density at radius 2 is 2.22 bits per heavy atom. The van der Waals surface area contributed by atoms with Crippen LogP contribution in [0.5, 0.6) is 0 Å². The van der Waals surface area contributed by atoms with Crippen LogP contribution in [0.15, 0.2) is 28.1 Å². The molecule has 0 unspecified atom stereocenters. The maximum absolute atomic E-state index is 13.8. The fourth-order valence-corrected chi connectivity index (χ4v) is 3.36. The van der Waals surface area contributed by atoms with Crippen LogP contribution in [0.25, 0.3) is 11.3 Å². The van der Waals surface area contributed by atoms with Gasteiger partial charge in [-0.3, -0.25) is 0 Å². The Kier molecular flexibility index (Phi) is 3.00. The van der Waals surface area contributed by atoms with Crippen molar-refractivity contribution in [3.63, 3.8) is 0 Å². The molecule has 5 heteroatoms. The highest BCUT2D eigenvalue weighted by atomic mass is 79.9. The summed E-state index contributed by atoms with van der Waals surface area (Å²) < 4.78 is 14.6. The lowest BCUT2D eigenvalue weighted by atomic mass is 10.1. The molecule has 0 saturated heterocycles. The lowest BCUT2D eigenvalue weighted by Gasteiger charge is -2.06. The molecule has 1 heterocycles. The molecule has 1 aliphatic rings. The zero-order valence-corrected chi connectivity index (χ0v) is 11.9. The van der Waals surface area contributed by atoms with Gasteiger partial charge >= 0.3 is 0 Å². The fourth-order valence-electron chi connectivity index (χ4n) is 1.93. The molecule has 18 heavy (non-hydrogen) atoms. The first-order valence-corrected chi connectivity index (χ1v) is 7.34. The second-order valence-corrected chi connectivity index (χ2v) is 6.37. The van der Waals surface area contributed by atoms with Crippen molar-refractivity contribution < 1.29 is 9.50 Å². The van der Waals surface area contributed by atoms with Crippen molar-refractivity contribution in [2.75, 3.05) is 6.61 Å². The van der Waals surface area contributed by atoms with E-state index in [0.717, 1.165) is 22.3 Å². The maximum Gasteiger partial charge on any atom is 0.132 e. The van der Waals surface area contributed by atoms with Crippen LogP contribution in [0.2, 0.25) is 0 Å². The molecule has 1 fully saturated rings. The van der Waals surface area contributed by atoms with Crippen molar-refractivity contribution in [1.29, 1.82) is 0 Å². The van der Waals surface area contributed by atoms with Gasteiger partial charge in [-0.2, -0.15) is 0 Å². The zero-order chi connectivity index (χ0) is 12.8. The normalized spacial score (nSPS) is 16.8. The predicted molar refractivity (Wildman–Crippen MR) is 73.2 cm³/mol. The third-order valence-electron chi connectivity index (χ3n) is 3.32. The predicted octanol–water partition coefficient (Wildman–Crippen LogP) is 3.74. The molecule has 0 aliphatic heterocycles. The minimum atomic E-state index is -0.274. The SMILES string of the molecule is OCC1(c2nc(-c3cc(Br)ccc3F)cs2)CC1. The molecule has 1 N–H and O–H groups in total. The van der Waals surface area contributed by atoms with Gasteiger partial charge in [0.2, 0.25) is 0 Å². The second kappa shape index (κ2) is 4.40. The molecule has 2 nitrogen and oxygen atoms in total. The summed E-state index contributed by atoms with van der Waals surface area (Å²) in [6.07, 6.45) is 1.94. The van der Waals surface area contributed by atoms with Gasteiger partial charge in [-0.05, 0) is 31.0 Å². The number of hydrogen-bond acceptors (Lipinski definition) is 3. The van der Waals surface area contributed by atoms with Gasteiger partial charge in [0.25, 0.3) is 0 Å². The first-order chi connectivity index (χ1) is 8.64. The third kappa shape index (κ3) is 2.00. The van der Waals surface area contributed by atoms with Crippen LogP contribution >= 0.6 is 27.3 Å². The number of hydrogen-bond donors (Lipinski definition) is 1. The summed E-state index contributed by atoms with van der Waals surface area (Å²) >= 11 is 4.83. The van der Waals surface area contributed by atoms with Crippen molar-refractivity contribution in [2.24, 2.45) is 0 Å². The standard InChI is InChI=1S/C13H11BrFNOS/c14-8-1-2-10(15)9(5-8)11-6-18-12(16-11)13(7-17)3-4-13/h1-2,5-6,17H,3-4,7H2. The maximum atomic E-state index is 13.8. The Labute approximate surface area is 117 Å². The fraction of sp³-hybridized carbons (Fsp3) is 0.308. The minimum absolute atomic E-state index is 0.126. The van der Waals surface area contributed by atoms with E-state index in [9.17, 15) is 9.50 Å². The van der Waals surface area contributed by atoms with Crippen molar-refractivity contribution in [1.82, 2.24) is 4.98 Å². The van der Waals surface area contributed by atoms with E-state index >= 15 is 0 Å². The number of benzene rings is 1. The number of nitrogens with zero attached hydrogens (tertiary/aromatic N) is 1. The van der Waals surface area contributed by atoms with Gasteiger partial charge in [0, 0.05) is 20.8 Å². The van der Waals surface area contributed by atoms with Crippen molar-refractivity contribution in [3.8, 4) is 11.3 Å². The van der Waals surface area contributed by atoms with E-state index in [-0.39, 0.29) is 17.8 Å². The van der Waals surface area contributed by atoms with Crippen molar-refractivity contribution >= 4 is 27.3 Å². The summed E-state index contributed by atoms with van der Waals surface area (Å²) in [7, 11) is 0. The van der Waals surface area contributed by atoms with Gasteiger partial charge in [0.15, 0.2) is 0 Å². The summed E-state index contributed by atoms with van der Waals surface area (Å²) in [6, 6.07) is 4.83. The molecule has 0 atom stereocenters. The number of aromatic nitrogens is 1. The van der Waals surface area contributed by atoms with E-state index in [1.165, 1.54) is 17.4 Å². The van der Waals surface area contributed by atoms with E-state index in [1.807, 2.05) is 5.38 Å². The number of aliphatic hydroxyl groups excluding tert-OH is 1. The topological polar surface area (TPSA) is 33.1 Å². The largest absolute Gasteiger partial charge is 0.395 e. The highest BCUT2D eigenvalue weighted by molar-refractivity contribution is 9.10. The molecule has 3 rings (SSSR count). The van der Waals surface area contributed by atoms with E-state index < -0.39 is 0 Å². The second-order valence-electron chi connectivity index (χ2n) is 4.60. The molecular formula is C13H11BrFNOS. The van der Waals surface area contributed by atoms with Crippen LogP contribution < -0.4 is 0 Å².